The molecule has 1 aliphatic heterocycles. The number of rotatable bonds is 4. The predicted molar refractivity (Wildman–Crippen MR) is 87.0 cm³/mol. The van der Waals surface area contributed by atoms with Crippen molar-refractivity contribution in [1.29, 1.82) is 0 Å². The van der Waals surface area contributed by atoms with Crippen LogP contribution in [-0.2, 0) is 24.3 Å². The summed E-state index contributed by atoms with van der Waals surface area (Å²) < 4.78 is 31.4. The van der Waals surface area contributed by atoms with Crippen LogP contribution >= 0.6 is 0 Å². The zero-order chi connectivity index (χ0) is 18.1. The van der Waals surface area contributed by atoms with Crippen LogP contribution < -0.4 is 4.72 Å². The standard InChI is InChI=1S/C15H19N3O5S/c1-9(15(20)23-10(2)14(19)18(3)4)16-13-11-7-5-6-8-12(11)24(21,22)17-13/h5-10H,1-4H3,(H,16,17). The lowest BCUT2D eigenvalue weighted by Crippen LogP contribution is -2.37. The number of hydrogen-bond donors (Lipinski definition) is 1. The zero-order valence-electron chi connectivity index (χ0n) is 13.8. The number of nitrogens with one attached hydrogen (secondary N) is 1. The Hall–Kier alpha value is -2.42. The van der Waals surface area contributed by atoms with Crippen molar-refractivity contribution in [2.75, 3.05) is 14.1 Å². The summed E-state index contributed by atoms with van der Waals surface area (Å²) in [4.78, 5) is 29.3. The highest BCUT2D eigenvalue weighted by molar-refractivity contribution is 7.90. The third-order valence-corrected chi connectivity index (χ3v) is 4.81. The van der Waals surface area contributed by atoms with Crippen LogP contribution in [0.1, 0.15) is 19.4 Å². The van der Waals surface area contributed by atoms with Gasteiger partial charge in [-0.15, -0.1) is 0 Å². The highest BCUT2D eigenvalue weighted by Gasteiger charge is 2.31. The van der Waals surface area contributed by atoms with Crippen molar-refractivity contribution in [3.63, 3.8) is 0 Å². The second kappa shape index (κ2) is 6.60. The molecular formula is C15H19N3O5S. The Morgan fingerprint density at radius 2 is 1.83 bits per heavy atom. The Morgan fingerprint density at radius 3 is 2.46 bits per heavy atom. The maximum atomic E-state index is 12.1. The van der Waals surface area contributed by atoms with Gasteiger partial charge in [0, 0.05) is 19.7 Å². The molecule has 130 valence electrons. The number of sulfonamides is 1. The number of nitrogens with zero attached hydrogens (tertiary/aromatic N) is 2. The summed E-state index contributed by atoms with van der Waals surface area (Å²) in [6, 6.07) is 5.37. The third kappa shape index (κ3) is 3.56. The van der Waals surface area contributed by atoms with Gasteiger partial charge in [0.1, 0.15) is 11.9 Å². The van der Waals surface area contributed by atoms with Gasteiger partial charge in [0.2, 0.25) is 0 Å². The van der Waals surface area contributed by atoms with Gasteiger partial charge in [-0.25, -0.2) is 13.2 Å². The lowest BCUT2D eigenvalue weighted by atomic mass is 10.2. The van der Waals surface area contributed by atoms with E-state index in [9.17, 15) is 18.0 Å². The largest absolute Gasteiger partial charge is 0.451 e. The molecule has 1 amide bonds. The molecule has 24 heavy (non-hydrogen) atoms. The van der Waals surface area contributed by atoms with Crippen molar-refractivity contribution in [3.8, 4) is 0 Å². The van der Waals surface area contributed by atoms with Crippen molar-refractivity contribution in [2.24, 2.45) is 4.99 Å². The van der Waals surface area contributed by atoms with Gasteiger partial charge in [0.15, 0.2) is 6.10 Å². The molecule has 0 bridgehead atoms. The number of ether oxygens (including phenoxy) is 1. The third-order valence-electron chi connectivity index (χ3n) is 3.41. The van der Waals surface area contributed by atoms with Crippen molar-refractivity contribution >= 4 is 27.7 Å². The summed E-state index contributed by atoms with van der Waals surface area (Å²) in [5.41, 5.74) is 0.398. The summed E-state index contributed by atoms with van der Waals surface area (Å²) in [6.07, 6.45) is -0.942. The van der Waals surface area contributed by atoms with Gasteiger partial charge in [0.05, 0.1) is 4.90 Å². The quantitative estimate of drug-likeness (QED) is 0.775. The van der Waals surface area contributed by atoms with Crippen LogP contribution in [0.25, 0.3) is 0 Å². The minimum atomic E-state index is -3.67. The first-order chi connectivity index (χ1) is 11.1. The lowest BCUT2D eigenvalue weighted by Gasteiger charge is -2.18. The first kappa shape index (κ1) is 17.9. The molecule has 9 heteroatoms. The molecule has 1 aromatic carbocycles. The number of amides is 1. The van der Waals surface area contributed by atoms with E-state index in [1.165, 1.54) is 24.8 Å². The van der Waals surface area contributed by atoms with Crippen LogP contribution in [0.15, 0.2) is 34.2 Å². The van der Waals surface area contributed by atoms with Gasteiger partial charge in [-0.1, -0.05) is 12.1 Å². The molecular weight excluding hydrogens is 334 g/mol. The van der Waals surface area contributed by atoms with Crippen LogP contribution in [0.5, 0.6) is 0 Å². The van der Waals surface area contributed by atoms with E-state index in [1.54, 1.807) is 32.3 Å². The summed E-state index contributed by atoms with van der Waals surface area (Å²) in [7, 11) is -0.555. The molecule has 1 aliphatic rings. The molecule has 2 atom stereocenters. The first-order valence-corrected chi connectivity index (χ1v) is 8.73. The van der Waals surface area contributed by atoms with Crippen LogP contribution in [0, 0.1) is 0 Å². The minimum Gasteiger partial charge on any atom is -0.451 e. The number of carbonyl (C=O) groups excluding carboxylic acids is 2. The summed E-state index contributed by atoms with van der Waals surface area (Å²) in [5.74, 6) is -0.981. The van der Waals surface area contributed by atoms with Crippen LogP contribution in [0.4, 0.5) is 0 Å². The van der Waals surface area contributed by atoms with E-state index in [2.05, 4.69) is 9.71 Å². The maximum absolute atomic E-state index is 12.1. The summed E-state index contributed by atoms with van der Waals surface area (Å²) in [6.45, 7) is 2.94. The highest BCUT2D eigenvalue weighted by atomic mass is 32.2. The van der Waals surface area contributed by atoms with Crippen LogP contribution in [0.2, 0.25) is 0 Å². The van der Waals surface area contributed by atoms with Gasteiger partial charge >= 0.3 is 5.97 Å². The monoisotopic (exact) mass is 353 g/mol. The van der Waals surface area contributed by atoms with E-state index in [1.807, 2.05) is 0 Å². The van der Waals surface area contributed by atoms with Crippen LogP contribution in [0.3, 0.4) is 0 Å². The second-order valence-electron chi connectivity index (χ2n) is 5.57. The van der Waals surface area contributed by atoms with Gasteiger partial charge in [-0.2, -0.15) is 0 Å². The van der Waals surface area contributed by atoms with Gasteiger partial charge in [-0.05, 0) is 26.0 Å². The number of likely N-dealkylation sites (N-methyl/N-ethyl adjacent to an activating group) is 1. The average Bonchev–Trinajstić information content (AvgIpc) is 2.77. The average molecular weight is 353 g/mol. The molecule has 0 spiro atoms. The molecule has 0 fully saturated rings. The minimum absolute atomic E-state index is 0.0849. The second-order valence-corrected chi connectivity index (χ2v) is 7.22. The molecule has 1 N–H and O–H groups in total. The molecule has 0 radical (unpaired) electrons. The Morgan fingerprint density at radius 1 is 1.21 bits per heavy atom. The van der Waals surface area contributed by atoms with E-state index in [0.29, 0.717) is 5.56 Å². The van der Waals surface area contributed by atoms with Crippen molar-refractivity contribution in [1.82, 2.24) is 9.62 Å². The van der Waals surface area contributed by atoms with E-state index in [4.69, 9.17) is 4.74 Å². The van der Waals surface area contributed by atoms with Crippen molar-refractivity contribution in [2.45, 2.75) is 30.9 Å². The molecule has 1 aromatic rings. The fourth-order valence-corrected chi connectivity index (χ4v) is 3.40. The normalized spacial score (nSPS) is 19.1. The molecule has 2 unspecified atom stereocenters. The fourth-order valence-electron chi connectivity index (χ4n) is 2.16. The predicted octanol–water partition coefficient (Wildman–Crippen LogP) is 0.133. The van der Waals surface area contributed by atoms with E-state index in [0.717, 1.165) is 0 Å². The topological polar surface area (TPSA) is 105 Å². The van der Waals surface area contributed by atoms with Gasteiger partial charge in [0.25, 0.3) is 15.9 Å². The Balaban J connectivity index is 2.17. The molecule has 0 aliphatic carbocycles. The molecule has 8 nitrogen and oxygen atoms in total. The van der Waals surface area contributed by atoms with Crippen LogP contribution in [-0.4, -0.2) is 57.3 Å². The molecule has 0 saturated heterocycles. The first-order valence-electron chi connectivity index (χ1n) is 7.25. The Bertz CT molecular complexity index is 801. The molecule has 0 aromatic heterocycles. The summed E-state index contributed by atoms with van der Waals surface area (Å²) in [5, 5.41) is 0. The molecule has 0 saturated carbocycles. The number of esters is 1. The fraction of sp³-hybridized carbons (Fsp3) is 0.400. The lowest BCUT2D eigenvalue weighted by molar-refractivity contribution is -0.158. The van der Waals surface area contributed by atoms with E-state index >= 15 is 0 Å². The Labute approximate surface area is 140 Å². The number of benzene rings is 1. The summed E-state index contributed by atoms with van der Waals surface area (Å²) >= 11 is 0. The number of aliphatic imine (C=N–C) groups is 1. The van der Waals surface area contributed by atoms with Crippen molar-refractivity contribution in [3.05, 3.63) is 29.8 Å². The smallest absolute Gasteiger partial charge is 0.331 e. The number of fused-ring (bicyclic) bond motifs is 1. The van der Waals surface area contributed by atoms with Gasteiger partial charge in [-0.3, -0.25) is 14.5 Å². The van der Waals surface area contributed by atoms with Crippen molar-refractivity contribution < 1.29 is 22.7 Å². The molecule has 1 heterocycles. The number of carbonyl (C=O) groups is 2. The van der Waals surface area contributed by atoms with E-state index < -0.39 is 28.1 Å². The number of hydrogen-bond acceptors (Lipinski definition) is 6. The zero-order valence-corrected chi connectivity index (χ0v) is 14.6. The maximum Gasteiger partial charge on any atom is 0.331 e. The van der Waals surface area contributed by atoms with E-state index in [-0.39, 0.29) is 16.6 Å². The van der Waals surface area contributed by atoms with Gasteiger partial charge < -0.3 is 9.64 Å². The number of amidine groups is 1. The Kier molecular flexibility index (Phi) is 4.93. The molecule has 2 rings (SSSR count). The highest BCUT2D eigenvalue weighted by Crippen LogP contribution is 2.22. The SMILES string of the molecule is CC(N=C1NS(=O)(=O)c2ccccc21)C(=O)OC(C)C(=O)N(C)C.